The summed E-state index contributed by atoms with van der Waals surface area (Å²) < 4.78 is 0. The van der Waals surface area contributed by atoms with Crippen LogP contribution in [0.1, 0.15) is 445 Å². The molecule has 0 aromatic carbocycles. The largest absolute Gasteiger partial charge is 0.295 e. The molecule has 0 spiro atoms. The fourth-order valence-electron chi connectivity index (χ4n) is 41.8. The zero-order valence-corrected chi connectivity index (χ0v) is 74.6. The molecule has 0 aromatic rings. The maximum absolute atomic E-state index is 4.12. The molecule has 29 atom stereocenters. The number of rotatable bonds is 12. The Morgan fingerprint density at radius 2 is 0.593 bits per heavy atom. The van der Waals surface area contributed by atoms with E-state index >= 15 is 0 Å². The Balaban J connectivity index is 0.720. The summed E-state index contributed by atoms with van der Waals surface area (Å²) in [6.45, 7) is 8.95. The molecular formula is C109H180BN3. The van der Waals surface area contributed by atoms with Crippen LogP contribution in [0.25, 0.3) is 0 Å². The molecule has 22 aliphatic rings. The van der Waals surface area contributed by atoms with Crippen molar-refractivity contribution in [2.45, 2.75) is 516 Å². The number of fused-ring (bicyclic) bond motifs is 9. The van der Waals surface area contributed by atoms with E-state index in [0.29, 0.717) is 5.41 Å². The van der Waals surface area contributed by atoms with Crippen molar-refractivity contribution in [3.63, 3.8) is 0 Å². The predicted molar refractivity (Wildman–Crippen MR) is 475 cm³/mol. The minimum absolute atomic E-state index is 0.461. The molecule has 22 fully saturated rings. The SMILES string of the molecule is CC(C)(C)C1CCC(CC2CC3[C@@H]4B(C5CCC(C6CCC7C8CCC[C@@H]9CCCC(C89)C8CCCC6[C@@H]87)CC5N3C3C(C5CCCCC5)CC(C5CCCCC5)CC3C3CCCCC3)[C@@H]3CC[C@H](N5C6CCCC[C@H]6C6CCCC[C@H]65)CC3N(C3[C@@H](C5CCCCC5)CC(C5CCCCC5)C[C@H]3C3CCCCC3)C4C2)CC1. The molecule has 0 amide bonds. The molecule has 3 saturated heterocycles. The summed E-state index contributed by atoms with van der Waals surface area (Å²) in [4.78, 5) is 11.8. The first-order valence-electron chi connectivity index (χ1n) is 55.0. The molecule has 0 radical (unpaired) electrons. The third-order valence-electron chi connectivity index (χ3n) is 45.6. The first kappa shape index (κ1) is 78.9. The van der Waals surface area contributed by atoms with Crippen LogP contribution in [0, 0.1) is 165 Å². The normalized spacial score (nSPS) is 50.6. The summed E-state index contributed by atoms with van der Waals surface area (Å²) in [5.41, 5.74) is 0.461. The van der Waals surface area contributed by atoms with Gasteiger partial charge in [-0.3, -0.25) is 14.7 Å². The molecule has 20 unspecified atom stereocenters. The van der Waals surface area contributed by atoms with Crippen LogP contribution in [0.3, 0.4) is 0 Å². The predicted octanol–water partition coefficient (Wildman–Crippen LogP) is 29.5. The van der Waals surface area contributed by atoms with E-state index in [-0.39, 0.29) is 0 Å². The monoisotopic (exact) mass is 1540 g/mol. The van der Waals surface area contributed by atoms with Gasteiger partial charge in [-0.15, -0.1) is 0 Å². The van der Waals surface area contributed by atoms with Gasteiger partial charge < -0.3 is 0 Å². The van der Waals surface area contributed by atoms with Crippen LogP contribution in [0.5, 0.6) is 0 Å². The van der Waals surface area contributed by atoms with Crippen molar-refractivity contribution in [2.24, 2.45) is 165 Å². The smallest absolute Gasteiger partial charge is 0.156 e. The van der Waals surface area contributed by atoms with Crippen molar-refractivity contribution in [1.29, 1.82) is 0 Å². The second-order valence-electron chi connectivity index (χ2n) is 50.6. The van der Waals surface area contributed by atoms with Gasteiger partial charge in [0.2, 0.25) is 0 Å². The van der Waals surface area contributed by atoms with Gasteiger partial charge in [0.1, 0.15) is 0 Å². The molecule has 4 heteroatoms. The number of hydrogen-bond donors (Lipinski definition) is 0. The zero-order valence-electron chi connectivity index (χ0n) is 74.6. The van der Waals surface area contributed by atoms with Crippen LogP contribution >= 0.6 is 0 Å². The van der Waals surface area contributed by atoms with E-state index in [4.69, 9.17) is 0 Å². The fraction of sp³-hybridized carbons (Fsp3) is 1.00. The van der Waals surface area contributed by atoms with Crippen molar-refractivity contribution in [3.05, 3.63) is 0 Å². The maximum atomic E-state index is 4.12. The van der Waals surface area contributed by atoms with Crippen LogP contribution in [-0.2, 0) is 0 Å². The third kappa shape index (κ3) is 14.7. The standard InChI is InChI=1S/C109H180BN3/c1-109(2,3)82-54-51-70(52-55-82)61-71-62-102-106-103(63-71)113(108-94(76-37-18-8-19-38-76)66-81(73-31-12-5-13-32-73)67-95(108)77-39-20-9-21-40-77)101-69-83(111-98-49-24-22-43-85(98)86-44-23-25-50-99(86)111)56-60-97(101)110(106)96-59-53-79(84-57-58-91-89-46-27-42-78-41-26-45-88(104(78)89)90-48-28-47-87(84)105(90)91)68-100(96)112(102)107-92(74-33-14-6-15-34-74)64-80(72-29-10-4-11-30-72)65-93(107)75-35-16-7-17-36-75/h70-108H,4-69H2,1-3H3/t70?,71?,78-,79?,80?,81?,82?,83-,84?,85-,86?,87?,88?,89?,90?,91?,92?,93?,94-,95+,96?,97+,98?,99+,100?,101?,102?,103?,104?,105-,106-,107?,108?/m0/s1. The second kappa shape index (κ2) is 34.1. The molecule has 3 heterocycles. The summed E-state index contributed by atoms with van der Waals surface area (Å²) in [5, 5.41) is 0. The highest BCUT2D eigenvalue weighted by Crippen LogP contribution is 2.72. The van der Waals surface area contributed by atoms with E-state index in [0.717, 1.165) is 238 Å². The summed E-state index contributed by atoms with van der Waals surface area (Å²) in [7, 11) is 0. The van der Waals surface area contributed by atoms with Gasteiger partial charge in [0, 0.05) is 54.4 Å². The lowest BCUT2D eigenvalue weighted by atomic mass is 9.18. The highest BCUT2D eigenvalue weighted by molar-refractivity contribution is 6.65. The Labute approximate surface area is 698 Å². The summed E-state index contributed by atoms with van der Waals surface area (Å²) in [6, 6.07) is 7.89. The highest BCUT2D eigenvalue weighted by atomic mass is 15.3. The van der Waals surface area contributed by atoms with Gasteiger partial charge in [-0.1, -0.05) is 303 Å². The van der Waals surface area contributed by atoms with E-state index < -0.39 is 0 Å². The Morgan fingerprint density at radius 1 is 0.221 bits per heavy atom. The van der Waals surface area contributed by atoms with Gasteiger partial charge in [-0.25, -0.2) is 0 Å². The topological polar surface area (TPSA) is 9.72 Å². The van der Waals surface area contributed by atoms with Crippen molar-refractivity contribution in [2.75, 3.05) is 0 Å². The average Bonchev–Trinajstić information content (AvgIpc) is 0.856. The first-order valence-corrected chi connectivity index (χ1v) is 55.0. The Hall–Kier alpha value is -0.0551. The van der Waals surface area contributed by atoms with Gasteiger partial charge >= 0.3 is 0 Å². The second-order valence-corrected chi connectivity index (χ2v) is 50.6. The van der Waals surface area contributed by atoms with Gasteiger partial charge in [0.05, 0.1) is 0 Å². The van der Waals surface area contributed by atoms with E-state index in [1.54, 1.807) is 411 Å². The molecule has 22 rings (SSSR count). The Morgan fingerprint density at radius 3 is 1.06 bits per heavy atom. The van der Waals surface area contributed by atoms with Crippen LogP contribution in [-0.4, -0.2) is 75.8 Å². The minimum Gasteiger partial charge on any atom is -0.295 e. The summed E-state index contributed by atoms with van der Waals surface area (Å²) in [6.07, 6.45) is 106. The van der Waals surface area contributed by atoms with Crippen molar-refractivity contribution < 1.29 is 0 Å². The molecule has 19 saturated carbocycles. The minimum atomic E-state index is 0.461. The summed E-state index contributed by atoms with van der Waals surface area (Å²) in [5.74, 6) is 30.8. The van der Waals surface area contributed by atoms with E-state index in [1.807, 2.05) is 0 Å². The molecule has 0 aromatic heterocycles. The van der Waals surface area contributed by atoms with E-state index in [2.05, 4.69) is 35.5 Å². The first-order chi connectivity index (χ1) is 55.7. The van der Waals surface area contributed by atoms with Gasteiger partial charge in [-0.2, -0.15) is 0 Å². The lowest BCUT2D eigenvalue weighted by molar-refractivity contribution is -0.162. The maximum Gasteiger partial charge on any atom is 0.156 e. The number of hydrogen-bond acceptors (Lipinski definition) is 3. The lowest BCUT2D eigenvalue weighted by Crippen LogP contribution is -2.77. The third-order valence-corrected chi connectivity index (χ3v) is 45.6. The molecule has 634 valence electrons. The highest BCUT2D eigenvalue weighted by Gasteiger charge is 2.71. The Kier molecular flexibility index (Phi) is 23.8. The average molecular weight is 1540 g/mol. The Bertz CT molecular complexity index is 2950. The molecular weight excluding hydrogens is 1360 g/mol. The lowest BCUT2D eigenvalue weighted by Gasteiger charge is -2.72. The molecule has 113 heavy (non-hydrogen) atoms. The molecule has 0 bridgehead atoms. The van der Waals surface area contributed by atoms with Gasteiger partial charge in [0.15, 0.2) is 6.71 Å². The van der Waals surface area contributed by atoms with Crippen LogP contribution in [0.4, 0.5) is 0 Å². The molecule has 0 N–H and O–H groups in total. The van der Waals surface area contributed by atoms with Crippen molar-refractivity contribution in [3.8, 4) is 0 Å². The van der Waals surface area contributed by atoms with Crippen LogP contribution in [0.2, 0.25) is 17.5 Å². The van der Waals surface area contributed by atoms with Crippen molar-refractivity contribution in [1.82, 2.24) is 14.7 Å². The van der Waals surface area contributed by atoms with Crippen LogP contribution < -0.4 is 0 Å². The van der Waals surface area contributed by atoms with Crippen molar-refractivity contribution >= 4 is 6.71 Å². The quantitative estimate of drug-likeness (QED) is 0.180. The van der Waals surface area contributed by atoms with Crippen LogP contribution in [0.15, 0.2) is 0 Å². The molecule has 3 aliphatic heterocycles. The number of nitrogens with zero attached hydrogens (tertiary/aromatic N) is 3. The van der Waals surface area contributed by atoms with E-state index in [9.17, 15) is 0 Å². The molecule has 3 nitrogen and oxygen atoms in total. The zero-order chi connectivity index (χ0) is 75.0. The van der Waals surface area contributed by atoms with Gasteiger partial charge in [-0.05, 0) is 324 Å². The summed E-state index contributed by atoms with van der Waals surface area (Å²) >= 11 is 0. The van der Waals surface area contributed by atoms with E-state index in [1.165, 1.54) is 12.8 Å². The fourth-order valence-corrected chi connectivity index (χ4v) is 41.8. The number of likely N-dealkylation sites (tertiary alicyclic amines) is 1. The van der Waals surface area contributed by atoms with Gasteiger partial charge in [0.25, 0.3) is 0 Å². The molecule has 19 aliphatic carbocycles.